The number of hydrogen-bond donors (Lipinski definition) is 3. The predicted octanol–water partition coefficient (Wildman–Crippen LogP) is 1.31. The van der Waals surface area contributed by atoms with E-state index in [4.69, 9.17) is 10.8 Å². The van der Waals surface area contributed by atoms with Gasteiger partial charge in [-0.3, -0.25) is 0 Å². The molecule has 0 fully saturated rings. The Morgan fingerprint density at radius 3 is 2.85 bits per heavy atom. The van der Waals surface area contributed by atoms with Gasteiger partial charge in [-0.25, -0.2) is 4.79 Å². The van der Waals surface area contributed by atoms with E-state index in [1.807, 2.05) is 0 Å². The summed E-state index contributed by atoms with van der Waals surface area (Å²) >= 11 is 4.04. The van der Waals surface area contributed by atoms with E-state index in [0.29, 0.717) is 5.75 Å². The van der Waals surface area contributed by atoms with Gasteiger partial charge in [0.1, 0.15) is 0 Å². The molecule has 0 saturated carbocycles. The second kappa shape index (κ2) is 4.30. The summed E-state index contributed by atoms with van der Waals surface area (Å²) in [4.78, 5) is 10.6. The van der Waals surface area contributed by atoms with Gasteiger partial charge in [-0.05, 0) is 17.7 Å². The second-order valence-electron chi connectivity index (χ2n) is 2.72. The lowest BCUT2D eigenvalue weighted by molar-refractivity contribution is 0.0697. The molecule has 1 aromatic carbocycles. The van der Waals surface area contributed by atoms with Gasteiger partial charge >= 0.3 is 5.97 Å². The van der Waals surface area contributed by atoms with Crippen LogP contribution in [0.15, 0.2) is 24.3 Å². The molecule has 1 aromatic rings. The number of benzene rings is 1. The monoisotopic (exact) mass is 197 g/mol. The van der Waals surface area contributed by atoms with Crippen LogP contribution in [0.2, 0.25) is 0 Å². The fourth-order valence-electron chi connectivity index (χ4n) is 1.01. The minimum Gasteiger partial charge on any atom is -0.478 e. The summed E-state index contributed by atoms with van der Waals surface area (Å²) in [5, 5.41) is 8.70. The molecule has 70 valence electrons. The molecule has 13 heavy (non-hydrogen) atoms. The van der Waals surface area contributed by atoms with Crippen LogP contribution in [0.5, 0.6) is 0 Å². The molecule has 4 heteroatoms. The topological polar surface area (TPSA) is 63.3 Å². The smallest absolute Gasteiger partial charge is 0.335 e. The van der Waals surface area contributed by atoms with Crippen molar-refractivity contribution in [3.8, 4) is 0 Å². The van der Waals surface area contributed by atoms with Crippen molar-refractivity contribution in [3.63, 3.8) is 0 Å². The first kappa shape index (κ1) is 10.1. The highest BCUT2D eigenvalue weighted by molar-refractivity contribution is 7.80. The van der Waals surface area contributed by atoms with E-state index < -0.39 is 5.97 Å². The third kappa shape index (κ3) is 2.47. The number of carboxylic acid groups (broad SMARTS) is 1. The molecule has 1 atom stereocenters. The van der Waals surface area contributed by atoms with Gasteiger partial charge in [0.15, 0.2) is 0 Å². The van der Waals surface area contributed by atoms with Crippen LogP contribution in [0.1, 0.15) is 22.0 Å². The molecule has 0 heterocycles. The van der Waals surface area contributed by atoms with Crippen LogP contribution >= 0.6 is 12.6 Å². The van der Waals surface area contributed by atoms with E-state index in [1.165, 1.54) is 6.07 Å². The Balaban J connectivity index is 2.98. The molecule has 0 amide bonds. The van der Waals surface area contributed by atoms with Crippen LogP contribution in [0, 0.1) is 0 Å². The van der Waals surface area contributed by atoms with Gasteiger partial charge in [-0.15, -0.1) is 0 Å². The predicted molar refractivity (Wildman–Crippen MR) is 54.2 cm³/mol. The normalized spacial score (nSPS) is 12.5. The SMILES string of the molecule is NC(CS)c1cccc(C(=O)O)c1. The Kier molecular flexibility index (Phi) is 3.33. The third-order valence-corrected chi connectivity index (χ3v) is 2.15. The van der Waals surface area contributed by atoms with Gasteiger partial charge in [0, 0.05) is 11.8 Å². The first-order chi connectivity index (χ1) is 6.15. The zero-order chi connectivity index (χ0) is 9.84. The van der Waals surface area contributed by atoms with E-state index in [1.54, 1.807) is 18.2 Å². The van der Waals surface area contributed by atoms with Crippen LogP contribution < -0.4 is 5.73 Å². The maximum absolute atomic E-state index is 10.6. The molecule has 0 aliphatic rings. The van der Waals surface area contributed by atoms with E-state index >= 15 is 0 Å². The lowest BCUT2D eigenvalue weighted by Gasteiger charge is -2.08. The molecule has 0 spiro atoms. The standard InChI is InChI=1S/C9H11NO2S/c10-8(5-13)6-2-1-3-7(4-6)9(11)12/h1-4,8,13H,5,10H2,(H,11,12). The minimum absolute atomic E-state index is 0.206. The van der Waals surface area contributed by atoms with Crippen molar-refractivity contribution in [3.05, 3.63) is 35.4 Å². The Labute approximate surface area is 82.0 Å². The maximum Gasteiger partial charge on any atom is 0.335 e. The molecule has 0 saturated heterocycles. The number of hydrogen-bond acceptors (Lipinski definition) is 3. The van der Waals surface area contributed by atoms with Crippen LogP contribution in [0.4, 0.5) is 0 Å². The van der Waals surface area contributed by atoms with Crippen molar-refractivity contribution >= 4 is 18.6 Å². The second-order valence-corrected chi connectivity index (χ2v) is 3.08. The Morgan fingerprint density at radius 1 is 1.62 bits per heavy atom. The van der Waals surface area contributed by atoms with Crippen molar-refractivity contribution in [1.82, 2.24) is 0 Å². The minimum atomic E-state index is -0.937. The summed E-state index contributed by atoms with van der Waals surface area (Å²) in [7, 11) is 0. The number of aromatic carboxylic acids is 1. The van der Waals surface area contributed by atoms with Crippen molar-refractivity contribution in [2.75, 3.05) is 5.75 Å². The van der Waals surface area contributed by atoms with Crippen molar-refractivity contribution in [1.29, 1.82) is 0 Å². The number of carboxylic acids is 1. The zero-order valence-corrected chi connectivity index (χ0v) is 7.87. The summed E-state index contributed by atoms with van der Waals surface area (Å²) in [6.07, 6.45) is 0. The number of nitrogens with two attached hydrogens (primary N) is 1. The number of thiol groups is 1. The Hall–Kier alpha value is -1.00. The Bertz CT molecular complexity index is 314. The lowest BCUT2D eigenvalue weighted by Crippen LogP contribution is -2.12. The molecule has 0 bridgehead atoms. The summed E-state index contributed by atoms with van der Waals surface area (Å²) in [5.41, 5.74) is 6.75. The summed E-state index contributed by atoms with van der Waals surface area (Å²) < 4.78 is 0. The summed E-state index contributed by atoms with van der Waals surface area (Å²) in [5.74, 6) is -0.434. The average Bonchev–Trinajstić information content (AvgIpc) is 2.17. The van der Waals surface area contributed by atoms with Crippen LogP contribution in [0.3, 0.4) is 0 Å². The molecule has 3 nitrogen and oxygen atoms in total. The van der Waals surface area contributed by atoms with E-state index in [-0.39, 0.29) is 11.6 Å². The number of carbonyl (C=O) groups is 1. The fraction of sp³-hybridized carbons (Fsp3) is 0.222. The summed E-state index contributed by atoms with van der Waals surface area (Å²) in [6, 6.07) is 6.39. The van der Waals surface area contributed by atoms with Crippen molar-refractivity contribution < 1.29 is 9.90 Å². The molecule has 0 aliphatic carbocycles. The first-order valence-corrected chi connectivity index (χ1v) is 4.48. The molecule has 1 rings (SSSR count). The van der Waals surface area contributed by atoms with Crippen LogP contribution in [-0.4, -0.2) is 16.8 Å². The molecule has 1 unspecified atom stereocenters. The molecular formula is C9H11NO2S. The van der Waals surface area contributed by atoms with Crippen molar-refractivity contribution in [2.45, 2.75) is 6.04 Å². The zero-order valence-electron chi connectivity index (χ0n) is 6.97. The highest BCUT2D eigenvalue weighted by Gasteiger charge is 2.07. The van der Waals surface area contributed by atoms with Crippen LogP contribution in [0.25, 0.3) is 0 Å². The molecule has 3 N–H and O–H groups in total. The summed E-state index contributed by atoms with van der Waals surface area (Å²) in [6.45, 7) is 0. The maximum atomic E-state index is 10.6. The highest BCUT2D eigenvalue weighted by Crippen LogP contribution is 2.13. The average molecular weight is 197 g/mol. The molecule has 0 radical (unpaired) electrons. The van der Waals surface area contributed by atoms with Crippen molar-refractivity contribution in [2.24, 2.45) is 5.73 Å². The quantitative estimate of drug-likeness (QED) is 0.640. The largest absolute Gasteiger partial charge is 0.478 e. The van der Waals surface area contributed by atoms with Gasteiger partial charge in [0.05, 0.1) is 5.56 Å². The van der Waals surface area contributed by atoms with E-state index in [2.05, 4.69) is 12.6 Å². The molecule has 0 aliphatic heterocycles. The molecule has 0 aromatic heterocycles. The first-order valence-electron chi connectivity index (χ1n) is 3.85. The van der Waals surface area contributed by atoms with Crippen LogP contribution in [-0.2, 0) is 0 Å². The van der Waals surface area contributed by atoms with Gasteiger partial charge in [-0.1, -0.05) is 12.1 Å². The van der Waals surface area contributed by atoms with E-state index in [9.17, 15) is 4.79 Å². The number of rotatable bonds is 3. The highest BCUT2D eigenvalue weighted by atomic mass is 32.1. The van der Waals surface area contributed by atoms with Gasteiger partial charge in [0.2, 0.25) is 0 Å². The van der Waals surface area contributed by atoms with E-state index in [0.717, 1.165) is 5.56 Å². The molecular weight excluding hydrogens is 186 g/mol. The van der Waals surface area contributed by atoms with Gasteiger partial charge in [-0.2, -0.15) is 12.6 Å². The third-order valence-electron chi connectivity index (χ3n) is 1.76. The van der Waals surface area contributed by atoms with Gasteiger partial charge < -0.3 is 10.8 Å². The Morgan fingerprint density at radius 2 is 2.31 bits per heavy atom. The van der Waals surface area contributed by atoms with Gasteiger partial charge in [0.25, 0.3) is 0 Å². The fourth-order valence-corrected chi connectivity index (χ4v) is 1.22. The lowest BCUT2D eigenvalue weighted by atomic mass is 10.1.